The second-order valence-electron chi connectivity index (χ2n) is 12.3. The normalized spacial score (nSPS) is 23.2. The van der Waals surface area contributed by atoms with Crippen molar-refractivity contribution in [2.24, 2.45) is 29.7 Å². The standard InChI is InChI=1S/C27H33F3N6O4/c1-25(2,3)20(33-23(39)27(28,29)30)22(38)36-13-15-18(26(15,4)5)19(36)21(37)32-14(11-31)12-35-17-10-8-7-9-16(17)34(6)24(35)40/h7-10,14-15,18-20H,12-13H2,1-6H3,(H,32,37)(H,33,39)/t14-,15+,18+,19+,20-/m1/s1. The number of para-hydroxylation sites is 2. The molecule has 0 spiro atoms. The lowest BCUT2D eigenvalue weighted by atomic mass is 9.85. The largest absolute Gasteiger partial charge is 0.471 e. The number of hydrogen-bond donors (Lipinski definition) is 2. The molecular weight excluding hydrogens is 529 g/mol. The molecule has 40 heavy (non-hydrogen) atoms. The molecule has 2 fully saturated rings. The first-order valence-electron chi connectivity index (χ1n) is 12.9. The van der Waals surface area contributed by atoms with Crippen molar-refractivity contribution in [2.75, 3.05) is 6.54 Å². The molecule has 2 aliphatic rings. The number of hydrogen-bond acceptors (Lipinski definition) is 5. The highest BCUT2D eigenvalue weighted by atomic mass is 19.4. The first-order valence-corrected chi connectivity index (χ1v) is 12.9. The highest BCUT2D eigenvalue weighted by Gasteiger charge is 2.70. The minimum atomic E-state index is -5.19. The van der Waals surface area contributed by atoms with Crippen LogP contribution in [0, 0.1) is 34.0 Å². The Morgan fingerprint density at radius 3 is 2.27 bits per heavy atom. The fraction of sp³-hybridized carbons (Fsp3) is 0.593. The van der Waals surface area contributed by atoms with E-state index in [9.17, 15) is 37.6 Å². The van der Waals surface area contributed by atoms with E-state index in [1.807, 2.05) is 25.2 Å². The van der Waals surface area contributed by atoms with Gasteiger partial charge in [-0.15, -0.1) is 0 Å². The van der Waals surface area contributed by atoms with Crippen LogP contribution in [-0.4, -0.2) is 62.6 Å². The Bertz CT molecular complexity index is 1460. The van der Waals surface area contributed by atoms with Crippen LogP contribution in [0.5, 0.6) is 0 Å². The summed E-state index contributed by atoms with van der Waals surface area (Å²) in [6, 6.07) is 5.28. The number of nitrogens with zero attached hydrogens (tertiary/aromatic N) is 4. The Morgan fingerprint density at radius 1 is 1.12 bits per heavy atom. The molecule has 5 atom stereocenters. The lowest BCUT2D eigenvalue weighted by Gasteiger charge is -2.37. The number of fused-ring (bicyclic) bond motifs is 2. The number of carbonyl (C=O) groups excluding carboxylic acids is 3. The molecule has 1 saturated heterocycles. The minimum absolute atomic E-state index is 0.0765. The maximum absolute atomic E-state index is 13.6. The van der Waals surface area contributed by atoms with Crippen molar-refractivity contribution in [2.45, 2.75) is 65.5 Å². The Kier molecular flexibility index (Phi) is 7.05. The number of aryl methyl sites for hydroxylation is 1. The monoisotopic (exact) mass is 562 g/mol. The van der Waals surface area contributed by atoms with Crippen molar-refractivity contribution in [3.05, 3.63) is 34.7 Å². The van der Waals surface area contributed by atoms with Crippen molar-refractivity contribution in [3.8, 4) is 6.07 Å². The maximum Gasteiger partial charge on any atom is 0.471 e. The quantitative estimate of drug-likeness (QED) is 0.556. The van der Waals surface area contributed by atoms with Crippen LogP contribution in [-0.2, 0) is 28.0 Å². The zero-order valence-electron chi connectivity index (χ0n) is 23.2. The van der Waals surface area contributed by atoms with Gasteiger partial charge in [-0.3, -0.25) is 23.5 Å². The summed E-state index contributed by atoms with van der Waals surface area (Å²) in [5, 5.41) is 14.3. The van der Waals surface area contributed by atoms with E-state index in [0.717, 1.165) is 0 Å². The second-order valence-corrected chi connectivity index (χ2v) is 12.3. The van der Waals surface area contributed by atoms with Crippen LogP contribution >= 0.6 is 0 Å². The third-order valence-electron chi connectivity index (χ3n) is 8.30. The third-order valence-corrected chi connectivity index (χ3v) is 8.30. The van der Waals surface area contributed by atoms with E-state index >= 15 is 0 Å². The maximum atomic E-state index is 13.6. The molecule has 216 valence electrons. The second kappa shape index (κ2) is 9.67. The van der Waals surface area contributed by atoms with Crippen molar-refractivity contribution in [1.29, 1.82) is 5.26 Å². The van der Waals surface area contributed by atoms with Gasteiger partial charge in [0.15, 0.2) is 0 Å². The van der Waals surface area contributed by atoms with Gasteiger partial charge in [-0.05, 0) is 34.8 Å². The van der Waals surface area contributed by atoms with Gasteiger partial charge in [-0.25, -0.2) is 4.79 Å². The number of aromatic nitrogens is 2. The van der Waals surface area contributed by atoms with Crippen LogP contribution < -0.4 is 16.3 Å². The molecule has 4 rings (SSSR count). The first kappa shape index (κ1) is 29.2. The Balaban J connectivity index is 1.59. The molecule has 1 aromatic heterocycles. The molecule has 3 amide bonds. The zero-order chi connectivity index (χ0) is 29.9. The van der Waals surface area contributed by atoms with E-state index < -0.39 is 47.4 Å². The molecule has 2 aromatic rings. The number of imidazole rings is 1. The van der Waals surface area contributed by atoms with E-state index in [1.165, 1.54) is 34.8 Å². The number of amides is 3. The zero-order valence-corrected chi connectivity index (χ0v) is 23.2. The molecule has 0 radical (unpaired) electrons. The van der Waals surface area contributed by atoms with Crippen molar-refractivity contribution in [1.82, 2.24) is 24.7 Å². The number of piperidine rings is 1. The van der Waals surface area contributed by atoms with Crippen LogP contribution in [0.15, 0.2) is 29.1 Å². The molecule has 13 heteroatoms. The summed E-state index contributed by atoms with van der Waals surface area (Å²) in [7, 11) is 1.60. The average Bonchev–Trinajstić information content (AvgIpc) is 3.14. The first-order chi connectivity index (χ1) is 18.4. The predicted octanol–water partition coefficient (Wildman–Crippen LogP) is 1.92. The van der Waals surface area contributed by atoms with Gasteiger partial charge in [0.25, 0.3) is 0 Å². The minimum Gasteiger partial charge on any atom is -0.337 e. The summed E-state index contributed by atoms with van der Waals surface area (Å²) in [4.78, 5) is 53.1. The lowest BCUT2D eigenvalue weighted by molar-refractivity contribution is -0.176. The lowest BCUT2D eigenvalue weighted by Crippen LogP contribution is -2.61. The summed E-state index contributed by atoms with van der Waals surface area (Å²) in [5.74, 6) is -4.04. The number of likely N-dealkylation sites (tertiary alicyclic amines) is 1. The van der Waals surface area contributed by atoms with Crippen LogP contribution in [0.25, 0.3) is 11.0 Å². The van der Waals surface area contributed by atoms with Gasteiger partial charge in [-0.2, -0.15) is 18.4 Å². The van der Waals surface area contributed by atoms with Gasteiger partial charge in [0.2, 0.25) is 11.8 Å². The van der Waals surface area contributed by atoms with Crippen LogP contribution in [0.1, 0.15) is 34.6 Å². The summed E-state index contributed by atoms with van der Waals surface area (Å²) in [6.07, 6.45) is -5.19. The highest BCUT2D eigenvalue weighted by molar-refractivity contribution is 5.95. The Hall–Kier alpha value is -3.82. The number of halogens is 3. The van der Waals surface area contributed by atoms with Gasteiger partial charge in [0, 0.05) is 13.6 Å². The summed E-state index contributed by atoms with van der Waals surface area (Å²) in [5.41, 5.74) is -0.532. The molecule has 10 nitrogen and oxygen atoms in total. The van der Waals surface area contributed by atoms with Crippen LogP contribution in [0.3, 0.4) is 0 Å². The smallest absolute Gasteiger partial charge is 0.337 e. The SMILES string of the molecule is Cn1c(=O)n(C[C@@H](C#N)NC(=O)[C@@H]2[C@@H]3[C@H](CN2C(=O)[C@@H](NC(=O)C(F)(F)F)C(C)(C)C)C3(C)C)c2ccccc21. The van der Waals surface area contributed by atoms with Gasteiger partial charge >= 0.3 is 17.8 Å². The van der Waals surface area contributed by atoms with Gasteiger partial charge in [0.1, 0.15) is 18.1 Å². The molecule has 2 N–H and O–H groups in total. The number of carbonyl (C=O) groups is 3. The van der Waals surface area contributed by atoms with E-state index in [1.54, 1.807) is 31.3 Å². The van der Waals surface area contributed by atoms with E-state index in [4.69, 9.17) is 0 Å². The molecule has 1 aliphatic heterocycles. The molecule has 1 saturated carbocycles. The Labute approximate surface area is 229 Å². The fourth-order valence-corrected chi connectivity index (χ4v) is 5.94. The molecule has 0 unspecified atom stereocenters. The fourth-order valence-electron chi connectivity index (χ4n) is 5.94. The number of benzene rings is 1. The molecule has 1 aromatic carbocycles. The average molecular weight is 563 g/mol. The molecule has 1 aliphatic carbocycles. The van der Waals surface area contributed by atoms with Gasteiger partial charge in [-0.1, -0.05) is 46.8 Å². The van der Waals surface area contributed by atoms with Crippen molar-refractivity contribution >= 4 is 28.8 Å². The number of nitriles is 1. The predicted molar refractivity (Wildman–Crippen MR) is 138 cm³/mol. The van der Waals surface area contributed by atoms with E-state index in [2.05, 4.69) is 5.32 Å². The van der Waals surface area contributed by atoms with Crippen LogP contribution in [0.4, 0.5) is 13.2 Å². The summed E-state index contributed by atoms with van der Waals surface area (Å²) in [6.45, 7) is 8.43. The van der Waals surface area contributed by atoms with Crippen molar-refractivity contribution < 1.29 is 27.6 Å². The number of rotatable bonds is 6. The number of alkyl halides is 3. The third kappa shape index (κ3) is 4.95. The van der Waals surface area contributed by atoms with E-state index in [-0.39, 0.29) is 36.0 Å². The summed E-state index contributed by atoms with van der Waals surface area (Å²) >= 11 is 0. The molecule has 2 heterocycles. The number of nitrogens with one attached hydrogen (secondary N) is 2. The Morgan fingerprint density at radius 2 is 1.73 bits per heavy atom. The van der Waals surface area contributed by atoms with Crippen LogP contribution in [0.2, 0.25) is 0 Å². The topological polar surface area (TPSA) is 129 Å². The molecular formula is C27H33F3N6O4. The van der Waals surface area contributed by atoms with Crippen molar-refractivity contribution in [3.63, 3.8) is 0 Å². The van der Waals surface area contributed by atoms with E-state index in [0.29, 0.717) is 11.0 Å². The van der Waals surface area contributed by atoms with Gasteiger partial charge < -0.3 is 15.5 Å². The van der Waals surface area contributed by atoms with Gasteiger partial charge in [0.05, 0.1) is 23.6 Å². The highest BCUT2D eigenvalue weighted by Crippen LogP contribution is 2.65. The molecule has 0 bridgehead atoms. The summed E-state index contributed by atoms with van der Waals surface area (Å²) < 4.78 is 42.0.